The molecule has 2 atom stereocenters. The number of hydrogen-bond donors (Lipinski definition) is 1. The maximum atomic E-state index is 12.7. The molecule has 0 bridgehead atoms. The minimum atomic E-state index is -1.12. The van der Waals surface area contributed by atoms with Gasteiger partial charge in [0.25, 0.3) is 0 Å². The summed E-state index contributed by atoms with van der Waals surface area (Å²) in [5, 5.41) is 2.54. The van der Waals surface area contributed by atoms with Crippen LogP contribution in [0.4, 0.5) is 4.39 Å². The Hall–Kier alpha value is -0.910. The van der Waals surface area contributed by atoms with Gasteiger partial charge in [-0.25, -0.2) is 4.39 Å². The van der Waals surface area contributed by atoms with Gasteiger partial charge < -0.3 is 9.87 Å². The standard InChI is InChI=1S/C11H12FNO2S/c12-9-3-1-8(2-4-9)11(14)10-7-13-5-6-16(10)15/h1-4,10,13H,5-7H2. The Morgan fingerprint density at radius 3 is 2.75 bits per heavy atom. The number of carbonyl (C=O) groups excluding carboxylic acids is 1. The number of Topliss-reactive ketones (excluding diaryl/α,β-unsaturated/α-hetero) is 1. The third kappa shape index (κ3) is 2.42. The highest BCUT2D eigenvalue weighted by atomic mass is 32.2. The van der Waals surface area contributed by atoms with E-state index in [1.807, 2.05) is 0 Å². The lowest BCUT2D eigenvalue weighted by molar-refractivity contribution is 0.0985. The minimum Gasteiger partial charge on any atom is -0.616 e. The van der Waals surface area contributed by atoms with Crippen molar-refractivity contribution >= 4 is 17.0 Å². The first-order valence-electron chi connectivity index (χ1n) is 5.06. The highest BCUT2D eigenvalue weighted by molar-refractivity contribution is 7.92. The van der Waals surface area contributed by atoms with E-state index in [2.05, 4.69) is 5.32 Å². The van der Waals surface area contributed by atoms with E-state index in [1.54, 1.807) is 0 Å². The van der Waals surface area contributed by atoms with Crippen molar-refractivity contribution in [1.29, 1.82) is 0 Å². The highest BCUT2D eigenvalue weighted by Gasteiger charge is 2.33. The van der Waals surface area contributed by atoms with Gasteiger partial charge in [0, 0.05) is 12.1 Å². The second-order valence-corrected chi connectivity index (χ2v) is 5.39. The molecule has 86 valence electrons. The third-order valence-electron chi connectivity index (χ3n) is 2.55. The molecule has 1 aromatic carbocycles. The Bertz CT molecular complexity index is 382. The van der Waals surface area contributed by atoms with Gasteiger partial charge in [0.1, 0.15) is 11.6 Å². The molecule has 1 saturated heterocycles. The predicted molar refractivity (Wildman–Crippen MR) is 60.4 cm³/mol. The van der Waals surface area contributed by atoms with Crippen LogP contribution in [0.25, 0.3) is 0 Å². The molecule has 3 nitrogen and oxygen atoms in total. The lowest BCUT2D eigenvalue weighted by atomic mass is 10.1. The van der Waals surface area contributed by atoms with E-state index >= 15 is 0 Å². The van der Waals surface area contributed by atoms with Crippen LogP contribution in [-0.2, 0) is 11.2 Å². The van der Waals surface area contributed by atoms with Crippen LogP contribution in [0.2, 0.25) is 0 Å². The van der Waals surface area contributed by atoms with Crippen LogP contribution in [0.3, 0.4) is 0 Å². The molecule has 1 heterocycles. The van der Waals surface area contributed by atoms with E-state index < -0.39 is 16.4 Å². The largest absolute Gasteiger partial charge is 0.616 e. The summed E-state index contributed by atoms with van der Waals surface area (Å²) in [7, 11) is 0. The topological polar surface area (TPSA) is 52.2 Å². The van der Waals surface area contributed by atoms with Gasteiger partial charge in [-0.3, -0.25) is 4.79 Å². The molecule has 1 aromatic rings. The Labute approximate surface area is 96.2 Å². The van der Waals surface area contributed by atoms with Crippen LogP contribution in [0.1, 0.15) is 10.4 Å². The number of halogens is 1. The van der Waals surface area contributed by atoms with Crippen molar-refractivity contribution in [3.8, 4) is 0 Å². The van der Waals surface area contributed by atoms with Crippen molar-refractivity contribution in [1.82, 2.24) is 5.32 Å². The first-order chi connectivity index (χ1) is 7.68. The Balaban J connectivity index is 2.14. The van der Waals surface area contributed by atoms with E-state index in [-0.39, 0.29) is 11.6 Å². The lowest BCUT2D eigenvalue weighted by Crippen LogP contribution is -2.48. The molecular weight excluding hydrogens is 229 g/mol. The fourth-order valence-electron chi connectivity index (χ4n) is 1.65. The lowest BCUT2D eigenvalue weighted by Gasteiger charge is -2.25. The van der Waals surface area contributed by atoms with Crippen LogP contribution in [-0.4, -0.2) is 34.4 Å². The molecule has 0 aromatic heterocycles. The molecule has 0 radical (unpaired) electrons. The average molecular weight is 241 g/mol. The molecule has 2 unspecified atom stereocenters. The van der Waals surface area contributed by atoms with Gasteiger partial charge in [0.15, 0.2) is 5.25 Å². The molecule has 1 N–H and O–H groups in total. The van der Waals surface area contributed by atoms with Crippen LogP contribution in [0, 0.1) is 5.82 Å². The van der Waals surface area contributed by atoms with Crippen molar-refractivity contribution in [3.63, 3.8) is 0 Å². The maximum Gasteiger partial charge on any atom is 0.216 e. The quantitative estimate of drug-likeness (QED) is 0.613. The Morgan fingerprint density at radius 1 is 1.44 bits per heavy atom. The van der Waals surface area contributed by atoms with E-state index in [0.717, 1.165) is 0 Å². The zero-order chi connectivity index (χ0) is 11.5. The van der Waals surface area contributed by atoms with Crippen molar-refractivity contribution in [2.45, 2.75) is 5.25 Å². The number of ketones is 1. The molecule has 1 aliphatic rings. The first kappa shape index (κ1) is 11.6. The molecule has 16 heavy (non-hydrogen) atoms. The number of hydrogen-bond acceptors (Lipinski definition) is 3. The summed E-state index contributed by atoms with van der Waals surface area (Å²) in [6.45, 7) is 1.11. The summed E-state index contributed by atoms with van der Waals surface area (Å²) in [5.41, 5.74) is 0.420. The van der Waals surface area contributed by atoms with E-state index in [9.17, 15) is 13.7 Å². The summed E-state index contributed by atoms with van der Waals surface area (Å²) >= 11 is -1.12. The summed E-state index contributed by atoms with van der Waals surface area (Å²) in [6.07, 6.45) is 0. The number of rotatable bonds is 2. The predicted octanol–water partition coefficient (Wildman–Crippen LogP) is 0.729. The monoisotopic (exact) mass is 241 g/mol. The second-order valence-electron chi connectivity index (χ2n) is 3.65. The molecule has 0 spiro atoms. The van der Waals surface area contributed by atoms with Crippen LogP contribution >= 0.6 is 0 Å². The van der Waals surface area contributed by atoms with Gasteiger partial charge in [-0.15, -0.1) is 0 Å². The van der Waals surface area contributed by atoms with Gasteiger partial charge >= 0.3 is 0 Å². The summed E-state index contributed by atoms with van der Waals surface area (Å²) in [4.78, 5) is 12.0. The second kappa shape index (κ2) is 4.95. The number of benzene rings is 1. The number of carbonyl (C=O) groups is 1. The highest BCUT2D eigenvalue weighted by Crippen LogP contribution is 2.14. The van der Waals surface area contributed by atoms with Crippen molar-refractivity contribution in [2.75, 3.05) is 18.8 Å². The Kier molecular flexibility index (Phi) is 3.58. The number of nitrogens with one attached hydrogen (secondary N) is 1. The van der Waals surface area contributed by atoms with E-state index in [4.69, 9.17) is 0 Å². The molecule has 2 rings (SSSR count). The fraction of sp³-hybridized carbons (Fsp3) is 0.364. The van der Waals surface area contributed by atoms with Gasteiger partial charge in [0.05, 0.1) is 6.54 Å². The van der Waals surface area contributed by atoms with E-state index in [1.165, 1.54) is 24.3 Å². The van der Waals surface area contributed by atoms with Crippen molar-refractivity contribution in [3.05, 3.63) is 35.6 Å². The average Bonchev–Trinajstić information content (AvgIpc) is 2.30. The molecule has 0 aliphatic carbocycles. The summed E-state index contributed by atoms with van der Waals surface area (Å²) in [6, 6.07) is 5.35. The SMILES string of the molecule is O=C(c1ccc(F)cc1)C1CNCC[S+]1[O-]. The zero-order valence-corrected chi connectivity index (χ0v) is 9.43. The molecular formula is C11H12FNO2S. The molecule has 0 amide bonds. The zero-order valence-electron chi connectivity index (χ0n) is 8.61. The molecule has 1 aliphatic heterocycles. The van der Waals surface area contributed by atoms with Gasteiger partial charge in [-0.05, 0) is 35.4 Å². The minimum absolute atomic E-state index is 0.175. The Morgan fingerprint density at radius 2 is 2.12 bits per heavy atom. The van der Waals surface area contributed by atoms with Gasteiger partial charge in [-0.1, -0.05) is 0 Å². The van der Waals surface area contributed by atoms with E-state index in [0.29, 0.717) is 24.4 Å². The smallest absolute Gasteiger partial charge is 0.216 e. The normalized spacial score (nSPS) is 25.4. The third-order valence-corrected chi connectivity index (χ3v) is 4.17. The van der Waals surface area contributed by atoms with Crippen LogP contribution in [0.15, 0.2) is 24.3 Å². The van der Waals surface area contributed by atoms with Crippen LogP contribution in [0.5, 0.6) is 0 Å². The van der Waals surface area contributed by atoms with Crippen molar-refractivity contribution < 1.29 is 13.7 Å². The van der Waals surface area contributed by atoms with Gasteiger partial charge in [-0.2, -0.15) is 0 Å². The summed E-state index contributed by atoms with van der Waals surface area (Å²) < 4.78 is 24.3. The van der Waals surface area contributed by atoms with Crippen molar-refractivity contribution in [2.24, 2.45) is 0 Å². The van der Waals surface area contributed by atoms with Gasteiger partial charge in [0.2, 0.25) is 5.78 Å². The fourth-order valence-corrected chi connectivity index (χ4v) is 2.96. The first-order valence-corrected chi connectivity index (χ1v) is 6.44. The molecule has 0 saturated carbocycles. The molecule has 1 fully saturated rings. The molecule has 5 heteroatoms. The van der Waals surface area contributed by atoms with Crippen LogP contribution < -0.4 is 5.32 Å². The maximum absolute atomic E-state index is 12.7. The summed E-state index contributed by atoms with van der Waals surface area (Å²) in [5.74, 6) is -0.0533.